The van der Waals surface area contributed by atoms with Crippen LogP contribution in [0.5, 0.6) is 5.75 Å². The van der Waals surface area contributed by atoms with E-state index in [4.69, 9.17) is 69.5 Å². The van der Waals surface area contributed by atoms with Crippen LogP contribution in [0, 0.1) is 0 Å². The summed E-state index contributed by atoms with van der Waals surface area (Å²) in [6, 6.07) is 0. The van der Waals surface area contributed by atoms with Crippen LogP contribution in [-0.2, 0) is 0 Å². The first-order valence-electron chi connectivity index (χ1n) is 5.19. The molecule has 0 saturated heterocycles. The van der Waals surface area contributed by atoms with Gasteiger partial charge in [-0.3, -0.25) is 0 Å². The number of rotatable bonds is 4. The Morgan fingerprint density at radius 1 is 0.800 bits per heavy atom. The summed E-state index contributed by atoms with van der Waals surface area (Å²) in [4.78, 5) is 0. The summed E-state index contributed by atoms with van der Waals surface area (Å²) < 4.78 is 0. The summed E-state index contributed by atoms with van der Waals surface area (Å²) in [6.45, 7) is 3.13. The third-order valence-corrected chi connectivity index (χ3v) is 4.09. The van der Waals surface area contributed by atoms with Gasteiger partial charge in [0.15, 0.2) is 5.75 Å². The van der Waals surface area contributed by atoms with Crippen molar-refractivity contribution in [1.29, 1.82) is 0 Å². The fraction of sp³-hybridized carbons (Fsp3) is 0.400. The van der Waals surface area contributed by atoms with Crippen molar-refractivity contribution >= 4 is 58.0 Å². The van der Waals surface area contributed by atoms with Gasteiger partial charge >= 0.3 is 29.6 Å². The molecular formula is C10H15Cl5N3NaO. The zero-order valence-corrected chi connectivity index (χ0v) is 16.6. The summed E-state index contributed by atoms with van der Waals surface area (Å²) in [7, 11) is 0. The van der Waals surface area contributed by atoms with Gasteiger partial charge in [-0.15, -0.1) is 0 Å². The van der Waals surface area contributed by atoms with Gasteiger partial charge in [-0.05, 0) is 0 Å². The van der Waals surface area contributed by atoms with E-state index in [1.54, 1.807) is 0 Å². The van der Waals surface area contributed by atoms with Gasteiger partial charge in [-0.1, -0.05) is 58.0 Å². The van der Waals surface area contributed by atoms with Gasteiger partial charge in [-0.25, -0.2) is 0 Å². The minimum Gasteiger partial charge on any atom is -1.00 e. The van der Waals surface area contributed by atoms with Crippen molar-refractivity contribution in [3.8, 4) is 5.75 Å². The zero-order chi connectivity index (χ0) is 15.0. The van der Waals surface area contributed by atoms with Crippen LogP contribution in [0.1, 0.15) is 1.43 Å². The molecule has 0 unspecified atom stereocenters. The molecule has 1 aromatic rings. The Hall–Kier alpha value is 1.35. The second-order valence-corrected chi connectivity index (χ2v) is 5.14. The van der Waals surface area contributed by atoms with Gasteiger partial charge in [0.1, 0.15) is 10.0 Å². The van der Waals surface area contributed by atoms with E-state index in [1.807, 2.05) is 0 Å². The van der Waals surface area contributed by atoms with Crippen molar-refractivity contribution in [2.75, 3.05) is 26.2 Å². The Labute approximate surface area is 166 Å². The van der Waals surface area contributed by atoms with Crippen LogP contribution in [0.15, 0.2) is 0 Å². The minimum absolute atomic E-state index is 0. The molecule has 0 saturated carbocycles. The normalized spacial score (nSPS) is 9.55. The van der Waals surface area contributed by atoms with Crippen LogP contribution in [0.2, 0.25) is 25.1 Å². The van der Waals surface area contributed by atoms with Crippen LogP contribution < -0.4 is 46.3 Å². The number of phenolic OH excluding ortho intramolecular Hbond substituents is 1. The average Bonchev–Trinajstić information content (AvgIpc) is 2.42. The van der Waals surface area contributed by atoms with Gasteiger partial charge in [0.25, 0.3) is 0 Å². The van der Waals surface area contributed by atoms with Gasteiger partial charge in [0.2, 0.25) is 0 Å². The minimum atomic E-state index is -0.363. The molecule has 10 heteroatoms. The Morgan fingerprint density at radius 3 is 1.40 bits per heavy atom. The summed E-state index contributed by atoms with van der Waals surface area (Å²) in [6.07, 6.45) is 0. The van der Waals surface area contributed by atoms with Crippen LogP contribution >= 0.6 is 58.0 Å². The molecular weight excluding hydrogens is 378 g/mol. The van der Waals surface area contributed by atoms with Crippen molar-refractivity contribution < 1.29 is 36.1 Å². The number of hydrogen-bond acceptors (Lipinski definition) is 4. The van der Waals surface area contributed by atoms with E-state index < -0.39 is 0 Å². The number of phenols is 1. The van der Waals surface area contributed by atoms with Crippen LogP contribution in [-0.4, -0.2) is 31.3 Å². The van der Waals surface area contributed by atoms with Crippen molar-refractivity contribution in [2.45, 2.75) is 0 Å². The van der Waals surface area contributed by atoms with Gasteiger partial charge in [0.05, 0.1) is 15.1 Å². The monoisotopic (exact) mass is 391 g/mol. The molecule has 0 aromatic heterocycles. The summed E-state index contributed by atoms with van der Waals surface area (Å²) in [5.41, 5.74) is 10.3. The molecule has 0 spiro atoms. The fourth-order valence-electron chi connectivity index (χ4n) is 0.922. The fourth-order valence-corrected chi connectivity index (χ4v) is 2.05. The third kappa shape index (κ3) is 7.56. The molecule has 0 bridgehead atoms. The number of benzene rings is 1. The number of hydrogen-bond donors (Lipinski definition) is 4. The molecule has 0 aliphatic carbocycles. The molecule has 0 fully saturated rings. The predicted octanol–water partition coefficient (Wildman–Crippen LogP) is 0.269. The van der Waals surface area contributed by atoms with Crippen LogP contribution in [0.3, 0.4) is 0 Å². The van der Waals surface area contributed by atoms with Gasteiger partial charge in [0, 0.05) is 26.2 Å². The number of aromatic hydroxyl groups is 1. The molecule has 6 N–H and O–H groups in total. The summed E-state index contributed by atoms with van der Waals surface area (Å²) in [5.74, 6) is -0.363. The van der Waals surface area contributed by atoms with Crippen molar-refractivity contribution in [3.63, 3.8) is 0 Å². The number of halogens is 5. The molecule has 1 rings (SSSR count). The maximum Gasteiger partial charge on any atom is 1.00 e. The van der Waals surface area contributed by atoms with E-state index in [0.717, 1.165) is 13.1 Å². The average molecular weight is 394 g/mol. The quantitative estimate of drug-likeness (QED) is 0.256. The van der Waals surface area contributed by atoms with Gasteiger partial charge in [-0.2, -0.15) is 0 Å². The Balaban J connectivity index is -0.000000317. The molecule has 0 aliphatic heterocycles. The second kappa shape index (κ2) is 12.9. The van der Waals surface area contributed by atoms with Crippen molar-refractivity contribution in [3.05, 3.63) is 25.1 Å². The summed E-state index contributed by atoms with van der Waals surface area (Å²) in [5, 5.41) is 12.0. The largest absolute Gasteiger partial charge is 1.00 e. The Kier molecular flexibility index (Phi) is 15.2. The molecule has 0 heterocycles. The first-order valence-corrected chi connectivity index (χ1v) is 7.08. The molecule has 0 amide bonds. The van der Waals surface area contributed by atoms with Crippen molar-refractivity contribution in [2.24, 2.45) is 11.5 Å². The molecule has 112 valence electrons. The topological polar surface area (TPSA) is 84.3 Å². The number of nitrogens with two attached hydrogens (primary N) is 2. The molecule has 1 aromatic carbocycles. The second-order valence-electron chi connectivity index (χ2n) is 3.25. The standard InChI is InChI=1S/C6HCl5O.C4H13N3.Na.H/c7-1-2(8)4(10)6(12)5(11)3(1)9;5-1-3-7-4-2-6;;/h12H;7H,1-6H2;;/q;;+1;-1. The predicted molar refractivity (Wildman–Crippen MR) is 85.2 cm³/mol. The van der Waals surface area contributed by atoms with Crippen LogP contribution in [0.25, 0.3) is 0 Å². The number of nitrogens with one attached hydrogen (secondary N) is 1. The Morgan fingerprint density at radius 2 is 1.10 bits per heavy atom. The first kappa shape index (κ1) is 23.6. The molecule has 20 heavy (non-hydrogen) atoms. The smallest absolute Gasteiger partial charge is 1.00 e. The molecule has 0 aliphatic rings. The van der Waals surface area contributed by atoms with Crippen molar-refractivity contribution in [1.82, 2.24) is 5.32 Å². The third-order valence-electron chi connectivity index (χ3n) is 1.83. The van der Waals surface area contributed by atoms with E-state index in [9.17, 15) is 5.11 Å². The Bertz CT molecular complexity index is 319. The molecule has 0 atom stereocenters. The maximum atomic E-state index is 9.20. The summed E-state index contributed by atoms with van der Waals surface area (Å²) >= 11 is 27.9. The maximum absolute atomic E-state index is 9.20. The van der Waals surface area contributed by atoms with Crippen LogP contribution in [0.4, 0.5) is 0 Å². The van der Waals surface area contributed by atoms with Gasteiger partial charge < -0.3 is 23.3 Å². The van der Waals surface area contributed by atoms with E-state index >= 15 is 0 Å². The van der Waals surface area contributed by atoms with E-state index in [2.05, 4.69) is 5.32 Å². The van der Waals surface area contributed by atoms with E-state index in [1.165, 1.54) is 0 Å². The first-order chi connectivity index (χ1) is 8.88. The zero-order valence-electron chi connectivity index (χ0n) is 11.8. The van der Waals surface area contributed by atoms with E-state index in [-0.39, 0.29) is 61.8 Å². The molecule has 0 radical (unpaired) electrons. The molecule has 4 nitrogen and oxygen atoms in total. The van der Waals surface area contributed by atoms with E-state index in [0.29, 0.717) is 13.1 Å². The SMILES string of the molecule is NCCNCCN.Oc1c(Cl)c(Cl)c(Cl)c(Cl)c1Cl.[H-].[Na+].